The largest absolute Gasteiger partial charge is 0.489 e. The Bertz CT molecular complexity index is 968. The molecule has 0 saturated carbocycles. The van der Waals surface area contributed by atoms with Crippen LogP contribution in [0.3, 0.4) is 0 Å². The maximum absolute atomic E-state index is 11.5. The lowest BCUT2D eigenvalue weighted by atomic mass is 10.2. The van der Waals surface area contributed by atoms with Crippen LogP contribution >= 0.6 is 22.9 Å². The number of carbonyl (C=O) groups is 1. The van der Waals surface area contributed by atoms with E-state index in [0.717, 1.165) is 16.9 Å². The van der Waals surface area contributed by atoms with E-state index in [1.165, 1.54) is 18.3 Å². The number of rotatable bonds is 7. The number of ether oxygens (including phenoxy) is 1. The van der Waals surface area contributed by atoms with E-state index in [2.05, 4.69) is 15.5 Å². The maximum Gasteiger partial charge on any atom is 0.204 e. The Kier molecular flexibility index (Phi) is 6.21. The van der Waals surface area contributed by atoms with Crippen molar-refractivity contribution in [3.8, 4) is 5.75 Å². The second kappa shape index (κ2) is 8.79. The average Bonchev–Trinajstić information content (AvgIpc) is 3.02. The van der Waals surface area contributed by atoms with Gasteiger partial charge in [-0.2, -0.15) is 5.10 Å². The topological polar surface area (TPSA) is 63.6 Å². The van der Waals surface area contributed by atoms with Gasteiger partial charge in [-0.1, -0.05) is 47.2 Å². The molecule has 0 radical (unpaired) electrons. The summed E-state index contributed by atoms with van der Waals surface area (Å²) >= 11 is 7.18. The van der Waals surface area contributed by atoms with Gasteiger partial charge in [0.15, 0.2) is 5.78 Å². The number of carbonyl (C=O) groups excluding carboxylic acids is 1. The van der Waals surface area contributed by atoms with Gasteiger partial charge in [-0.3, -0.25) is 10.2 Å². The molecule has 0 aliphatic rings. The molecule has 0 fully saturated rings. The molecule has 138 valence electrons. The fourth-order valence-corrected chi connectivity index (χ4v) is 3.30. The predicted octanol–water partition coefficient (Wildman–Crippen LogP) is 5.33. The molecular weight excluding hydrogens is 382 g/mol. The summed E-state index contributed by atoms with van der Waals surface area (Å²) < 4.78 is 5.81. The number of anilines is 1. The minimum atomic E-state index is 0.00701. The minimum Gasteiger partial charge on any atom is -0.489 e. The average molecular weight is 400 g/mol. The van der Waals surface area contributed by atoms with Gasteiger partial charge in [0, 0.05) is 11.9 Å². The second-order valence-electron chi connectivity index (χ2n) is 5.85. The first-order valence-corrected chi connectivity index (χ1v) is 9.45. The SMILES string of the molecule is CC(=O)c1sc(N/N=C\c2cccc(OCc3ccc(Cl)cc3)c2)nc1C. The smallest absolute Gasteiger partial charge is 0.204 e. The van der Waals surface area contributed by atoms with Crippen molar-refractivity contribution in [1.82, 2.24) is 4.98 Å². The van der Waals surface area contributed by atoms with Crippen LogP contribution in [0, 0.1) is 6.92 Å². The van der Waals surface area contributed by atoms with Gasteiger partial charge in [0.25, 0.3) is 0 Å². The fraction of sp³-hybridized carbons (Fsp3) is 0.150. The molecule has 7 heteroatoms. The number of ketones is 1. The molecule has 1 aromatic heterocycles. The van der Waals surface area contributed by atoms with E-state index in [9.17, 15) is 4.79 Å². The number of nitrogens with one attached hydrogen (secondary N) is 1. The van der Waals surface area contributed by atoms with Gasteiger partial charge in [-0.25, -0.2) is 4.98 Å². The van der Waals surface area contributed by atoms with E-state index >= 15 is 0 Å². The van der Waals surface area contributed by atoms with Crippen LogP contribution in [0.25, 0.3) is 0 Å². The number of hydrogen-bond donors (Lipinski definition) is 1. The Morgan fingerprint density at radius 1 is 1.30 bits per heavy atom. The summed E-state index contributed by atoms with van der Waals surface area (Å²) in [5.41, 5.74) is 5.50. The van der Waals surface area contributed by atoms with Crippen molar-refractivity contribution in [1.29, 1.82) is 0 Å². The Hall–Kier alpha value is -2.70. The summed E-state index contributed by atoms with van der Waals surface area (Å²) in [5, 5.41) is 5.48. The van der Waals surface area contributed by atoms with Crippen molar-refractivity contribution in [2.24, 2.45) is 5.10 Å². The number of hydrogen-bond acceptors (Lipinski definition) is 6. The summed E-state index contributed by atoms with van der Waals surface area (Å²) in [6.45, 7) is 3.80. The number of thiazole rings is 1. The highest BCUT2D eigenvalue weighted by atomic mass is 35.5. The maximum atomic E-state index is 11.5. The predicted molar refractivity (Wildman–Crippen MR) is 110 cm³/mol. The minimum absolute atomic E-state index is 0.00701. The molecule has 2 aromatic carbocycles. The molecule has 5 nitrogen and oxygen atoms in total. The van der Waals surface area contributed by atoms with E-state index < -0.39 is 0 Å². The number of halogens is 1. The van der Waals surface area contributed by atoms with Gasteiger partial charge in [0.2, 0.25) is 5.13 Å². The van der Waals surface area contributed by atoms with Crippen molar-refractivity contribution in [2.45, 2.75) is 20.5 Å². The van der Waals surface area contributed by atoms with Crippen molar-refractivity contribution in [3.63, 3.8) is 0 Å². The standard InChI is InChI=1S/C20H18ClN3O2S/c1-13-19(14(2)25)27-20(23-13)24-22-11-16-4-3-5-18(10-16)26-12-15-6-8-17(21)9-7-15/h3-11H,12H2,1-2H3,(H,23,24)/b22-11-. The summed E-state index contributed by atoms with van der Waals surface area (Å²) in [4.78, 5) is 16.4. The molecule has 0 aliphatic carbocycles. The van der Waals surface area contributed by atoms with Gasteiger partial charge in [-0.15, -0.1) is 0 Å². The summed E-state index contributed by atoms with van der Waals surface area (Å²) in [5.74, 6) is 0.755. The van der Waals surface area contributed by atoms with Crippen molar-refractivity contribution >= 4 is 40.1 Å². The van der Waals surface area contributed by atoms with Crippen LogP contribution in [0.2, 0.25) is 5.02 Å². The van der Waals surface area contributed by atoms with Gasteiger partial charge in [0.1, 0.15) is 12.4 Å². The number of nitrogens with zero attached hydrogens (tertiary/aromatic N) is 2. The highest BCUT2D eigenvalue weighted by molar-refractivity contribution is 7.17. The third-order valence-corrected chi connectivity index (χ3v) is 5.08. The molecule has 0 unspecified atom stereocenters. The first kappa shape index (κ1) is 19.1. The number of Topliss-reactive ketones (excluding diaryl/α,β-unsaturated/α-hetero) is 1. The Morgan fingerprint density at radius 2 is 2.07 bits per heavy atom. The monoisotopic (exact) mass is 399 g/mol. The molecule has 27 heavy (non-hydrogen) atoms. The zero-order valence-corrected chi connectivity index (χ0v) is 16.5. The third kappa shape index (κ3) is 5.39. The van der Waals surface area contributed by atoms with E-state index in [4.69, 9.17) is 16.3 Å². The Balaban J connectivity index is 1.59. The van der Waals surface area contributed by atoms with Crippen LogP contribution in [-0.4, -0.2) is 17.0 Å². The molecule has 3 aromatic rings. The zero-order valence-electron chi connectivity index (χ0n) is 14.9. The fourth-order valence-electron chi connectivity index (χ4n) is 2.36. The van der Waals surface area contributed by atoms with E-state index in [0.29, 0.717) is 27.3 Å². The molecule has 1 heterocycles. The van der Waals surface area contributed by atoms with Crippen LogP contribution in [-0.2, 0) is 6.61 Å². The lowest BCUT2D eigenvalue weighted by molar-refractivity contribution is 0.102. The molecule has 3 rings (SSSR count). The highest BCUT2D eigenvalue weighted by Crippen LogP contribution is 2.23. The first-order valence-electron chi connectivity index (χ1n) is 8.26. The molecule has 0 saturated heterocycles. The molecule has 0 bridgehead atoms. The molecule has 0 aliphatic heterocycles. The lowest BCUT2D eigenvalue weighted by Gasteiger charge is -2.07. The van der Waals surface area contributed by atoms with Gasteiger partial charge >= 0.3 is 0 Å². The van der Waals surface area contributed by atoms with Crippen LogP contribution in [0.15, 0.2) is 53.6 Å². The van der Waals surface area contributed by atoms with Crippen LogP contribution in [0.1, 0.15) is 33.4 Å². The Labute approximate surface area is 166 Å². The van der Waals surface area contributed by atoms with Gasteiger partial charge in [-0.05, 0) is 42.3 Å². The number of benzene rings is 2. The zero-order chi connectivity index (χ0) is 19.2. The molecule has 0 atom stereocenters. The number of aromatic nitrogens is 1. The van der Waals surface area contributed by atoms with Gasteiger partial charge in [0.05, 0.1) is 16.8 Å². The van der Waals surface area contributed by atoms with Crippen molar-refractivity contribution in [2.75, 3.05) is 5.43 Å². The number of aryl methyl sites for hydroxylation is 1. The molecule has 1 N–H and O–H groups in total. The lowest BCUT2D eigenvalue weighted by Crippen LogP contribution is -1.96. The van der Waals surface area contributed by atoms with E-state index in [-0.39, 0.29) is 5.78 Å². The van der Waals surface area contributed by atoms with Crippen molar-refractivity contribution in [3.05, 3.63) is 75.3 Å². The van der Waals surface area contributed by atoms with Crippen molar-refractivity contribution < 1.29 is 9.53 Å². The second-order valence-corrected chi connectivity index (χ2v) is 7.28. The van der Waals surface area contributed by atoms with Crippen LogP contribution in [0.4, 0.5) is 5.13 Å². The quantitative estimate of drug-likeness (QED) is 0.331. The summed E-state index contributed by atoms with van der Waals surface area (Å²) in [7, 11) is 0. The van der Waals surface area contributed by atoms with E-state index in [1.54, 1.807) is 6.21 Å². The van der Waals surface area contributed by atoms with Crippen LogP contribution < -0.4 is 10.2 Å². The first-order chi connectivity index (χ1) is 13.0. The molecule has 0 amide bonds. The normalized spacial score (nSPS) is 10.9. The Morgan fingerprint density at radius 3 is 2.78 bits per heavy atom. The molecular formula is C20H18ClN3O2S. The third-order valence-electron chi connectivity index (χ3n) is 3.67. The van der Waals surface area contributed by atoms with Gasteiger partial charge < -0.3 is 4.74 Å². The van der Waals surface area contributed by atoms with E-state index in [1.807, 2.05) is 55.5 Å². The highest BCUT2D eigenvalue weighted by Gasteiger charge is 2.10. The van der Waals surface area contributed by atoms with Crippen LogP contribution in [0.5, 0.6) is 5.75 Å². The number of hydrazone groups is 1. The molecule has 0 spiro atoms. The summed E-state index contributed by atoms with van der Waals surface area (Å²) in [6.07, 6.45) is 1.68. The summed E-state index contributed by atoms with van der Waals surface area (Å²) in [6, 6.07) is 15.2.